The third-order valence-corrected chi connectivity index (χ3v) is 11.5. The third kappa shape index (κ3) is 9.11. The average Bonchev–Trinajstić information content (AvgIpc) is 3.86. The lowest BCUT2D eigenvalue weighted by molar-refractivity contribution is -0.268. The number of carbonyl (C=O) groups is 3. The number of hydrogen-bond donors (Lipinski definition) is 2. The van der Waals surface area contributed by atoms with Crippen molar-refractivity contribution in [3.63, 3.8) is 0 Å². The molecule has 8 rings (SSSR count). The van der Waals surface area contributed by atoms with E-state index in [4.69, 9.17) is 14.2 Å². The Kier molecular flexibility index (Phi) is 12.2. The van der Waals surface area contributed by atoms with Gasteiger partial charge < -0.3 is 24.6 Å². The van der Waals surface area contributed by atoms with Gasteiger partial charge in [0.1, 0.15) is 12.6 Å². The fourth-order valence-electron chi connectivity index (χ4n) is 7.27. The number of nitrogens with zero attached hydrogens (tertiary/aromatic N) is 5. The number of rotatable bonds is 13. The van der Waals surface area contributed by atoms with Gasteiger partial charge in [-0.15, -0.1) is 5.10 Å². The molecule has 2 saturated heterocycles. The molecule has 3 amide bonds. The molecule has 3 heterocycles. The van der Waals surface area contributed by atoms with Crippen molar-refractivity contribution in [1.29, 1.82) is 0 Å². The highest BCUT2D eigenvalue weighted by molar-refractivity contribution is 7.99. The van der Waals surface area contributed by atoms with E-state index in [0.29, 0.717) is 10.9 Å². The molecule has 2 fully saturated rings. The summed E-state index contributed by atoms with van der Waals surface area (Å²) in [6, 6.07) is 41.2. The van der Waals surface area contributed by atoms with Crippen LogP contribution in [0, 0.1) is 5.92 Å². The minimum atomic E-state index is -1.01. The number of ether oxygens (including phenoxy) is 3. The van der Waals surface area contributed by atoms with Gasteiger partial charge in [0.25, 0.3) is 5.91 Å². The van der Waals surface area contributed by atoms with E-state index in [-0.39, 0.29) is 50.2 Å². The van der Waals surface area contributed by atoms with Crippen LogP contribution in [-0.2, 0) is 43.6 Å². The number of tetrazole rings is 1. The van der Waals surface area contributed by atoms with Crippen LogP contribution in [0.4, 0.5) is 4.79 Å². The van der Waals surface area contributed by atoms with Crippen LogP contribution in [0.2, 0.25) is 0 Å². The van der Waals surface area contributed by atoms with Crippen LogP contribution in [0.1, 0.15) is 53.6 Å². The van der Waals surface area contributed by atoms with E-state index in [2.05, 4.69) is 27.8 Å². The van der Waals surface area contributed by atoms with Crippen LogP contribution >= 0.6 is 11.8 Å². The summed E-state index contributed by atoms with van der Waals surface area (Å²) in [6.45, 7) is 2.15. The second kappa shape index (κ2) is 18.2. The van der Waals surface area contributed by atoms with Crippen LogP contribution in [-0.4, -0.2) is 66.0 Å². The first-order valence-electron chi connectivity index (χ1n) is 19.3. The minimum absolute atomic E-state index is 0.0447. The SMILES string of the molecule is CC1C(CSc2nnnn2-c2ccccc2)OC(c2ccc(-c3ccccc3CN3C(=O)CC(NC(=O)OCc4ccccc4)C3=O)cc2)OC1c1ccc(CO)cc1. The molecule has 2 aliphatic heterocycles. The number of aliphatic hydroxyl groups excluding tert-OH is 1. The molecule has 2 N–H and O–H groups in total. The van der Waals surface area contributed by atoms with E-state index in [1.54, 1.807) is 4.68 Å². The lowest BCUT2D eigenvalue weighted by atomic mass is 9.91. The third-order valence-electron chi connectivity index (χ3n) is 10.5. The number of aromatic nitrogens is 4. The maximum atomic E-state index is 13.4. The molecule has 0 radical (unpaired) electrons. The lowest BCUT2D eigenvalue weighted by Gasteiger charge is -2.41. The van der Waals surface area contributed by atoms with Crippen molar-refractivity contribution in [2.75, 3.05) is 5.75 Å². The molecular formula is C45H42N6O7S. The van der Waals surface area contributed by atoms with E-state index in [1.807, 2.05) is 133 Å². The Morgan fingerprint density at radius 3 is 2.29 bits per heavy atom. The molecule has 0 spiro atoms. The van der Waals surface area contributed by atoms with Crippen LogP contribution in [0.5, 0.6) is 0 Å². The first-order valence-corrected chi connectivity index (χ1v) is 20.3. The van der Waals surface area contributed by atoms with E-state index in [0.717, 1.165) is 44.6 Å². The fourth-order valence-corrected chi connectivity index (χ4v) is 8.32. The van der Waals surface area contributed by atoms with Crippen molar-refractivity contribution in [3.8, 4) is 16.8 Å². The summed E-state index contributed by atoms with van der Waals surface area (Å²) in [4.78, 5) is 40.2. The zero-order chi connectivity index (χ0) is 40.7. The molecule has 0 bridgehead atoms. The summed E-state index contributed by atoms with van der Waals surface area (Å²) in [5, 5.41) is 25.3. The fraction of sp³-hybridized carbons (Fsp3) is 0.244. The molecule has 59 heavy (non-hydrogen) atoms. The largest absolute Gasteiger partial charge is 0.445 e. The monoisotopic (exact) mass is 810 g/mol. The van der Waals surface area contributed by atoms with Gasteiger partial charge >= 0.3 is 6.09 Å². The van der Waals surface area contributed by atoms with Gasteiger partial charge in [-0.25, -0.2) is 4.79 Å². The zero-order valence-electron chi connectivity index (χ0n) is 32.2. The summed E-state index contributed by atoms with van der Waals surface area (Å²) in [5.74, 6) is -0.345. The van der Waals surface area contributed by atoms with Gasteiger partial charge in [0.05, 0.1) is 37.5 Å². The summed E-state index contributed by atoms with van der Waals surface area (Å²) < 4.78 is 20.4. The number of benzene rings is 5. The molecule has 5 unspecified atom stereocenters. The summed E-state index contributed by atoms with van der Waals surface area (Å²) >= 11 is 1.51. The van der Waals surface area contributed by atoms with Gasteiger partial charge in [-0.2, -0.15) is 4.68 Å². The van der Waals surface area contributed by atoms with E-state index >= 15 is 0 Å². The first kappa shape index (κ1) is 39.6. The van der Waals surface area contributed by atoms with E-state index < -0.39 is 24.3 Å². The number of carbonyl (C=O) groups excluding carboxylic acids is 3. The van der Waals surface area contributed by atoms with Crippen LogP contribution in [0.25, 0.3) is 16.8 Å². The molecule has 5 atom stereocenters. The summed E-state index contributed by atoms with van der Waals surface area (Å²) in [5.41, 5.74) is 6.78. The Labute approximate surface area is 345 Å². The molecule has 0 saturated carbocycles. The molecular weight excluding hydrogens is 769 g/mol. The number of likely N-dealkylation sites (tertiary alicyclic amines) is 1. The second-order valence-corrected chi connectivity index (χ2v) is 15.4. The van der Waals surface area contributed by atoms with E-state index in [9.17, 15) is 19.5 Å². The second-order valence-electron chi connectivity index (χ2n) is 14.4. The standard InChI is InChI=1S/C45H42N6O7S/c1-29-39(28-59-44-47-48-49-51(44)36-13-6-3-7-14-36)57-43(58-41(29)33-18-16-30(26-52)17-19-33)34-22-20-32(21-23-34)37-15-9-8-12-35(37)25-50-40(53)24-38(42(50)54)46-45(55)56-27-31-10-4-2-5-11-31/h2-23,29,38-39,41,43,52H,24-28H2,1H3,(H,46,55). The van der Waals surface area contributed by atoms with Crippen molar-refractivity contribution in [2.24, 2.45) is 5.92 Å². The van der Waals surface area contributed by atoms with Crippen LogP contribution < -0.4 is 5.32 Å². The van der Waals surface area contributed by atoms with Gasteiger partial charge in [-0.05, 0) is 55.9 Å². The number of imide groups is 1. The predicted octanol–water partition coefficient (Wildman–Crippen LogP) is 6.96. The Morgan fingerprint density at radius 2 is 1.54 bits per heavy atom. The smallest absolute Gasteiger partial charge is 0.408 e. The number of aliphatic hydroxyl groups is 1. The molecule has 0 aliphatic carbocycles. The number of amides is 3. The van der Waals surface area contributed by atoms with Crippen molar-refractivity contribution >= 4 is 29.7 Å². The van der Waals surface area contributed by atoms with Crippen molar-refractivity contribution in [2.45, 2.75) is 62.8 Å². The van der Waals surface area contributed by atoms with Gasteiger partial charge in [-0.3, -0.25) is 14.5 Å². The number of hydrogen-bond acceptors (Lipinski definition) is 11. The molecule has 1 aromatic heterocycles. The van der Waals surface area contributed by atoms with Crippen molar-refractivity contribution in [3.05, 3.63) is 161 Å². The maximum absolute atomic E-state index is 13.4. The lowest BCUT2D eigenvalue weighted by Crippen LogP contribution is -2.41. The van der Waals surface area contributed by atoms with Crippen LogP contribution in [0.3, 0.4) is 0 Å². The normalized spacial score (nSPS) is 20.4. The van der Waals surface area contributed by atoms with Gasteiger partial charge in [0.2, 0.25) is 11.1 Å². The number of alkyl carbamates (subject to hydrolysis) is 1. The van der Waals surface area contributed by atoms with Crippen molar-refractivity contribution in [1.82, 2.24) is 30.4 Å². The number of nitrogens with one attached hydrogen (secondary N) is 1. The predicted molar refractivity (Wildman–Crippen MR) is 218 cm³/mol. The Hall–Kier alpha value is -6.19. The topological polar surface area (TPSA) is 158 Å². The highest BCUT2D eigenvalue weighted by Crippen LogP contribution is 2.43. The molecule has 6 aromatic rings. The number of para-hydroxylation sites is 1. The first-order chi connectivity index (χ1) is 28.8. The maximum Gasteiger partial charge on any atom is 0.408 e. The van der Waals surface area contributed by atoms with Crippen LogP contribution in [0.15, 0.2) is 139 Å². The minimum Gasteiger partial charge on any atom is -0.445 e. The highest BCUT2D eigenvalue weighted by Gasteiger charge is 2.41. The zero-order valence-corrected chi connectivity index (χ0v) is 33.0. The Balaban J connectivity index is 0.970. The molecule has 300 valence electrons. The summed E-state index contributed by atoms with van der Waals surface area (Å²) in [6.07, 6.45) is -2.16. The number of thioether (sulfide) groups is 1. The van der Waals surface area contributed by atoms with Gasteiger partial charge in [0, 0.05) is 17.2 Å². The molecule has 5 aromatic carbocycles. The summed E-state index contributed by atoms with van der Waals surface area (Å²) in [7, 11) is 0. The quantitative estimate of drug-likeness (QED) is 0.0918. The van der Waals surface area contributed by atoms with E-state index in [1.165, 1.54) is 16.7 Å². The molecule has 2 aliphatic rings. The highest BCUT2D eigenvalue weighted by atomic mass is 32.2. The Bertz CT molecular complexity index is 2380. The van der Waals surface area contributed by atoms with Gasteiger partial charge in [-0.1, -0.05) is 140 Å². The van der Waals surface area contributed by atoms with Crippen molar-refractivity contribution < 1.29 is 33.7 Å². The molecule has 14 heteroatoms. The molecule has 13 nitrogen and oxygen atoms in total. The average molecular weight is 811 g/mol. The van der Waals surface area contributed by atoms with Gasteiger partial charge in [0.15, 0.2) is 6.29 Å². The Morgan fingerprint density at radius 1 is 0.847 bits per heavy atom.